The van der Waals surface area contributed by atoms with Gasteiger partial charge in [0.25, 0.3) is 0 Å². The minimum atomic E-state index is -0.618. The van der Waals surface area contributed by atoms with E-state index in [1.54, 1.807) is 24.3 Å². The lowest BCUT2D eigenvalue weighted by molar-refractivity contribution is -0.383. The van der Waals surface area contributed by atoms with Gasteiger partial charge < -0.3 is 5.32 Å². The Bertz CT molecular complexity index is 982. The van der Waals surface area contributed by atoms with Crippen LogP contribution in [0, 0.1) is 10.1 Å². The molecule has 2 aromatic carbocycles. The molecule has 0 spiro atoms. The number of halogens is 1. The van der Waals surface area contributed by atoms with Crippen LogP contribution < -0.4 is 16.2 Å². The van der Waals surface area contributed by atoms with Crippen LogP contribution in [0.25, 0.3) is 0 Å². The third-order valence-corrected chi connectivity index (χ3v) is 4.17. The Labute approximate surface area is 168 Å². The van der Waals surface area contributed by atoms with Gasteiger partial charge in [-0.1, -0.05) is 46.3 Å². The Morgan fingerprint density at radius 1 is 1.04 bits per heavy atom. The number of nitrogens with zero attached hydrogens (tertiary/aromatic N) is 3. The van der Waals surface area contributed by atoms with Crippen LogP contribution in [0.3, 0.4) is 0 Å². The van der Waals surface area contributed by atoms with Crippen molar-refractivity contribution in [3.8, 4) is 0 Å². The number of carbonyl (C=O) groups is 1. The molecule has 1 heterocycles. The number of hydrogen-bond donors (Lipinski definition) is 3. The summed E-state index contributed by atoms with van der Waals surface area (Å²) in [5, 5.41) is 14.4. The Morgan fingerprint density at radius 3 is 2.39 bits per heavy atom. The van der Waals surface area contributed by atoms with Crippen LogP contribution in [0.5, 0.6) is 0 Å². The van der Waals surface area contributed by atoms with Gasteiger partial charge in [0.2, 0.25) is 17.5 Å². The first-order chi connectivity index (χ1) is 13.5. The molecule has 0 unspecified atom stereocenters. The van der Waals surface area contributed by atoms with Crippen molar-refractivity contribution in [1.82, 2.24) is 15.4 Å². The van der Waals surface area contributed by atoms with Crippen molar-refractivity contribution < 1.29 is 9.72 Å². The van der Waals surface area contributed by atoms with Gasteiger partial charge >= 0.3 is 5.69 Å². The van der Waals surface area contributed by atoms with Crippen molar-refractivity contribution >= 4 is 44.8 Å². The van der Waals surface area contributed by atoms with Gasteiger partial charge in [0.15, 0.2) is 0 Å². The number of hydrogen-bond acceptors (Lipinski definition) is 7. The fourth-order valence-electron chi connectivity index (χ4n) is 2.36. The molecule has 0 radical (unpaired) electrons. The molecule has 0 aliphatic carbocycles. The third-order valence-electron chi connectivity index (χ3n) is 3.64. The quantitative estimate of drug-likeness (QED) is 0.377. The molecule has 3 rings (SSSR count). The summed E-state index contributed by atoms with van der Waals surface area (Å²) in [6, 6.07) is 16.2. The van der Waals surface area contributed by atoms with Crippen LogP contribution in [0.4, 0.5) is 23.0 Å². The first-order valence-electron chi connectivity index (χ1n) is 8.13. The SMILES string of the molecule is O=C(Cc1ccccc1)NNc1ncnc(Nc2ccc(Br)cc2)c1[N+](=O)[O-]. The highest BCUT2D eigenvalue weighted by Gasteiger charge is 2.23. The highest BCUT2D eigenvalue weighted by Crippen LogP contribution is 2.31. The number of hydrazine groups is 1. The maximum absolute atomic E-state index is 12.1. The number of carbonyl (C=O) groups excluding carboxylic acids is 1. The predicted octanol–water partition coefficient (Wildman–Crippen LogP) is 3.58. The molecule has 0 atom stereocenters. The van der Waals surface area contributed by atoms with E-state index >= 15 is 0 Å². The summed E-state index contributed by atoms with van der Waals surface area (Å²) < 4.78 is 0.874. The largest absolute Gasteiger partial charge is 0.355 e. The van der Waals surface area contributed by atoms with E-state index < -0.39 is 4.92 Å². The number of aromatic nitrogens is 2. The molecule has 0 aliphatic rings. The van der Waals surface area contributed by atoms with E-state index in [4.69, 9.17) is 0 Å². The number of benzene rings is 2. The van der Waals surface area contributed by atoms with Crippen LogP contribution in [0.1, 0.15) is 5.56 Å². The predicted molar refractivity (Wildman–Crippen MR) is 108 cm³/mol. The highest BCUT2D eigenvalue weighted by molar-refractivity contribution is 9.10. The molecule has 0 saturated carbocycles. The fraction of sp³-hybridized carbons (Fsp3) is 0.0556. The van der Waals surface area contributed by atoms with E-state index in [1.165, 1.54) is 6.33 Å². The monoisotopic (exact) mass is 442 g/mol. The molecule has 1 amide bonds. The lowest BCUT2D eigenvalue weighted by Gasteiger charge is -2.11. The van der Waals surface area contributed by atoms with Gasteiger partial charge in [0.05, 0.1) is 11.3 Å². The van der Waals surface area contributed by atoms with Crippen LogP contribution in [0.15, 0.2) is 65.4 Å². The van der Waals surface area contributed by atoms with Crippen molar-refractivity contribution in [2.75, 3.05) is 10.7 Å². The van der Waals surface area contributed by atoms with E-state index in [0.717, 1.165) is 10.0 Å². The molecule has 0 bridgehead atoms. The van der Waals surface area contributed by atoms with Gasteiger partial charge in [-0.2, -0.15) is 0 Å². The summed E-state index contributed by atoms with van der Waals surface area (Å²) in [6.45, 7) is 0. The highest BCUT2D eigenvalue weighted by atomic mass is 79.9. The maximum atomic E-state index is 12.1. The maximum Gasteiger partial charge on any atom is 0.355 e. The van der Waals surface area contributed by atoms with Crippen LogP contribution in [0.2, 0.25) is 0 Å². The normalized spacial score (nSPS) is 10.2. The molecule has 142 valence electrons. The zero-order valence-corrected chi connectivity index (χ0v) is 16.0. The number of anilines is 3. The van der Waals surface area contributed by atoms with Gasteiger partial charge in [0, 0.05) is 10.2 Å². The summed E-state index contributed by atoms with van der Waals surface area (Å²) in [7, 11) is 0. The second-order valence-electron chi connectivity index (χ2n) is 5.64. The summed E-state index contributed by atoms with van der Waals surface area (Å²) in [6.07, 6.45) is 1.29. The number of amides is 1. The third kappa shape index (κ3) is 5.01. The number of rotatable bonds is 7. The molecule has 3 N–H and O–H groups in total. The number of nitro groups is 1. The molecule has 10 heteroatoms. The average Bonchev–Trinajstić information content (AvgIpc) is 2.69. The molecular weight excluding hydrogens is 428 g/mol. The minimum absolute atomic E-state index is 0.00197. The Kier molecular flexibility index (Phi) is 6.12. The van der Waals surface area contributed by atoms with E-state index in [9.17, 15) is 14.9 Å². The van der Waals surface area contributed by atoms with Gasteiger partial charge in [-0.15, -0.1) is 0 Å². The molecule has 0 aliphatic heterocycles. The lowest BCUT2D eigenvalue weighted by atomic mass is 10.1. The Hall–Kier alpha value is -3.53. The minimum Gasteiger partial charge on any atom is -0.334 e. The van der Waals surface area contributed by atoms with Gasteiger partial charge in [-0.3, -0.25) is 25.8 Å². The number of nitrogens with one attached hydrogen (secondary N) is 3. The van der Waals surface area contributed by atoms with E-state index in [0.29, 0.717) is 5.69 Å². The lowest BCUT2D eigenvalue weighted by Crippen LogP contribution is -2.31. The fourth-order valence-corrected chi connectivity index (χ4v) is 2.62. The summed E-state index contributed by atoms with van der Waals surface area (Å²) in [4.78, 5) is 30.8. The van der Waals surface area contributed by atoms with Crippen molar-refractivity contribution in [2.45, 2.75) is 6.42 Å². The van der Waals surface area contributed by atoms with Crippen LogP contribution in [-0.2, 0) is 11.2 Å². The van der Waals surface area contributed by atoms with Gasteiger partial charge in [-0.05, 0) is 29.8 Å². The van der Waals surface area contributed by atoms with E-state index in [1.807, 2.05) is 30.3 Å². The van der Waals surface area contributed by atoms with Crippen molar-refractivity contribution in [3.63, 3.8) is 0 Å². The second kappa shape index (κ2) is 8.91. The molecular formula is C18H15BrN6O3. The van der Waals surface area contributed by atoms with Crippen molar-refractivity contribution in [2.24, 2.45) is 0 Å². The zero-order chi connectivity index (χ0) is 19.9. The van der Waals surface area contributed by atoms with Gasteiger partial charge in [-0.25, -0.2) is 9.97 Å². The first-order valence-corrected chi connectivity index (χ1v) is 8.93. The van der Waals surface area contributed by atoms with Gasteiger partial charge in [0.1, 0.15) is 6.33 Å². The topological polar surface area (TPSA) is 122 Å². The van der Waals surface area contributed by atoms with Crippen molar-refractivity contribution in [1.29, 1.82) is 0 Å². The van der Waals surface area contributed by atoms with Crippen LogP contribution in [-0.4, -0.2) is 20.8 Å². The molecule has 9 nitrogen and oxygen atoms in total. The molecule has 28 heavy (non-hydrogen) atoms. The second-order valence-corrected chi connectivity index (χ2v) is 6.56. The molecule has 0 saturated heterocycles. The molecule has 3 aromatic rings. The summed E-state index contributed by atoms with van der Waals surface area (Å²) in [5.41, 5.74) is 5.98. The smallest absolute Gasteiger partial charge is 0.334 e. The first kappa shape index (κ1) is 19.2. The standard InChI is InChI=1S/C18H15BrN6O3/c19-13-6-8-14(9-7-13)22-17-16(25(27)28)18(21-11-20-17)24-23-15(26)10-12-4-2-1-3-5-12/h1-9,11H,10H2,(H,23,26)(H2,20,21,22,24). The zero-order valence-electron chi connectivity index (χ0n) is 14.4. The Balaban J connectivity index is 1.74. The van der Waals surface area contributed by atoms with E-state index in [2.05, 4.69) is 42.1 Å². The van der Waals surface area contributed by atoms with Crippen LogP contribution >= 0.6 is 15.9 Å². The van der Waals surface area contributed by atoms with Crippen molar-refractivity contribution in [3.05, 3.63) is 81.1 Å². The Morgan fingerprint density at radius 2 is 1.71 bits per heavy atom. The average molecular weight is 443 g/mol. The molecule has 0 fully saturated rings. The summed E-state index contributed by atoms with van der Waals surface area (Å²) in [5.74, 6) is -0.482. The van der Waals surface area contributed by atoms with E-state index in [-0.39, 0.29) is 29.7 Å². The molecule has 1 aromatic heterocycles. The summed E-state index contributed by atoms with van der Waals surface area (Å²) >= 11 is 3.33.